The number of hydrazine groups is 1. The second-order valence-corrected chi connectivity index (χ2v) is 9.65. The first-order chi connectivity index (χ1) is 15.3. The third kappa shape index (κ3) is 4.53. The predicted octanol–water partition coefficient (Wildman–Crippen LogP) is 2.56. The maximum absolute atomic E-state index is 15.1. The molecule has 0 fully saturated rings. The minimum absolute atomic E-state index is 0.0540. The van der Waals surface area contributed by atoms with E-state index in [9.17, 15) is 14.6 Å². The standard InChI is InChI=1S/C24H31BFN3O4/c1-7-24(27,23(4,5)6)29(22(31)17-11-14(2)10-15(3)12-17)28-21(30)18-9-8-16-13-33-25(32)19(16)20(18)26/h8-12,32H,7,13,27H2,1-6H3,(H,28,30). The van der Waals surface area contributed by atoms with Crippen LogP contribution >= 0.6 is 0 Å². The van der Waals surface area contributed by atoms with Crippen molar-refractivity contribution in [2.75, 3.05) is 0 Å². The molecule has 7 nitrogen and oxygen atoms in total. The molecule has 2 aromatic carbocycles. The van der Waals surface area contributed by atoms with Crippen molar-refractivity contribution in [3.63, 3.8) is 0 Å². The van der Waals surface area contributed by atoms with Crippen molar-refractivity contribution < 1.29 is 23.7 Å². The lowest BCUT2D eigenvalue weighted by atomic mass is 9.78. The first-order valence-electron chi connectivity index (χ1n) is 10.9. The van der Waals surface area contributed by atoms with Crippen LogP contribution in [0.15, 0.2) is 30.3 Å². The summed E-state index contributed by atoms with van der Waals surface area (Å²) in [7, 11) is -1.44. The zero-order chi connectivity index (χ0) is 24.7. The maximum atomic E-state index is 15.1. The lowest BCUT2D eigenvalue weighted by Gasteiger charge is -2.48. The number of nitrogens with one attached hydrogen (secondary N) is 1. The second kappa shape index (κ2) is 8.89. The van der Waals surface area contributed by atoms with Crippen molar-refractivity contribution in [1.29, 1.82) is 0 Å². The molecule has 3 rings (SSSR count). The Bertz CT molecular complexity index is 1080. The summed E-state index contributed by atoms with van der Waals surface area (Å²) in [5.74, 6) is -2.23. The van der Waals surface area contributed by atoms with Crippen LogP contribution in [0, 0.1) is 25.1 Å². The summed E-state index contributed by atoms with van der Waals surface area (Å²) in [6.45, 7) is 11.2. The van der Waals surface area contributed by atoms with Crippen molar-refractivity contribution >= 4 is 24.4 Å². The van der Waals surface area contributed by atoms with E-state index in [2.05, 4.69) is 5.43 Å². The largest absolute Gasteiger partial charge is 0.494 e. The molecule has 1 heterocycles. The Hall–Kier alpha value is -2.75. The normalized spacial score (nSPS) is 15.1. The van der Waals surface area contributed by atoms with Crippen LogP contribution in [-0.2, 0) is 11.3 Å². The molecule has 2 aromatic rings. The van der Waals surface area contributed by atoms with Crippen LogP contribution in [0.25, 0.3) is 0 Å². The fraction of sp³-hybridized carbons (Fsp3) is 0.417. The van der Waals surface area contributed by atoms with Gasteiger partial charge in [0.1, 0.15) is 11.5 Å². The molecule has 1 atom stereocenters. The topological polar surface area (TPSA) is 105 Å². The van der Waals surface area contributed by atoms with Gasteiger partial charge >= 0.3 is 7.12 Å². The van der Waals surface area contributed by atoms with Gasteiger partial charge in [0.2, 0.25) is 0 Å². The Morgan fingerprint density at radius 3 is 2.36 bits per heavy atom. The highest BCUT2D eigenvalue weighted by Crippen LogP contribution is 2.34. The molecule has 0 aromatic heterocycles. The molecular weight excluding hydrogens is 424 g/mol. The van der Waals surface area contributed by atoms with E-state index in [1.165, 1.54) is 12.1 Å². The Kier molecular flexibility index (Phi) is 6.71. The third-order valence-corrected chi connectivity index (χ3v) is 6.28. The van der Waals surface area contributed by atoms with Crippen LogP contribution in [0.2, 0.25) is 0 Å². The van der Waals surface area contributed by atoms with Gasteiger partial charge in [0.15, 0.2) is 0 Å². The van der Waals surface area contributed by atoms with Crippen LogP contribution in [0.5, 0.6) is 0 Å². The average molecular weight is 455 g/mol. The number of nitrogens with two attached hydrogens (primary N) is 1. The molecule has 0 bridgehead atoms. The summed E-state index contributed by atoms with van der Waals surface area (Å²) in [6, 6.07) is 8.21. The summed E-state index contributed by atoms with van der Waals surface area (Å²) in [6.07, 6.45) is 0.326. The molecule has 0 spiro atoms. The van der Waals surface area contributed by atoms with E-state index in [1.54, 1.807) is 12.1 Å². The Balaban J connectivity index is 2.06. The molecule has 0 aliphatic carbocycles. The highest BCUT2D eigenvalue weighted by atomic mass is 19.1. The first kappa shape index (κ1) is 24.9. The van der Waals surface area contributed by atoms with Gasteiger partial charge in [-0.2, -0.15) is 0 Å². The van der Waals surface area contributed by atoms with Crippen molar-refractivity contribution in [1.82, 2.24) is 10.4 Å². The molecule has 0 radical (unpaired) electrons. The second-order valence-electron chi connectivity index (χ2n) is 9.65. The molecule has 0 saturated heterocycles. The fourth-order valence-electron chi connectivity index (χ4n) is 4.20. The highest BCUT2D eigenvalue weighted by molar-refractivity contribution is 6.61. The molecular formula is C24H31BFN3O4. The van der Waals surface area contributed by atoms with Crippen LogP contribution in [0.4, 0.5) is 4.39 Å². The van der Waals surface area contributed by atoms with Crippen molar-refractivity contribution in [3.05, 3.63) is 64.0 Å². The number of aryl methyl sites for hydroxylation is 2. The average Bonchev–Trinajstić information content (AvgIpc) is 3.11. The van der Waals surface area contributed by atoms with Crippen molar-refractivity contribution in [2.45, 2.75) is 60.2 Å². The monoisotopic (exact) mass is 455 g/mol. The van der Waals surface area contributed by atoms with Gasteiger partial charge in [0, 0.05) is 16.4 Å². The summed E-state index contributed by atoms with van der Waals surface area (Å²) in [4.78, 5) is 26.9. The zero-order valence-electron chi connectivity index (χ0n) is 20.0. The predicted molar refractivity (Wildman–Crippen MR) is 125 cm³/mol. The van der Waals surface area contributed by atoms with Gasteiger partial charge in [-0.15, -0.1) is 0 Å². The molecule has 1 aliphatic rings. The number of benzene rings is 2. The molecule has 1 aliphatic heterocycles. The summed E-state index contributed by atoms with van der Waals surface area (Å²) < 4.78 is 20.2. The number of carbonyl (C=O) groups excluding carboxylic acids is 2. The van der Waals surface area contributed by atoms with Crippen LogP contribution < -0.4 is 16.6 Å². The van der Waals surface area contributed by atoms with E-state index in [1.807, 2.05) is 47.6 Å². The number of hydrogen-bond acceptors (Lipinski definition) is 5. The molecule has 176 valence electrons. The number of fused-ring (bicyclic) bond motifs is 1. The van der Waals surface area contributed by atoms with Gasteiger partial charge in [0.25, 0.3) is 11.8 Å². The first-order valence-corrected chi connectivity index (χ1v) is 10.9. The molecule has 33 heavy (non-hydrogen) atoms. The van der Waals surface area contributed by atoms with E-state index >= 15 is 4.39 Å². The third-order valence-electron chi connectivity index (χ3n) is 6.28. The quantitative estimate of drug-likeness (QED) is 0.374. The van der Waals surface area contributed by atoms with E-state index in [4.69, 9.17) is 10.4 Å². The molecule has 0 saturated carbocycles. The Morgan fingerprint density at radius 1 is 1.21 bits per heavy atom. The van der Waals surface area contributed by atoms with E-state index in [0.29, 0.717) is 17.5 Å². The van der Waals surface area contributed by atoms with Gasteiger partial charge in [-0.25, -0.2) is 9.40 Å². The number of rotatable bonds is 4. The smallest absolute Gasteiger partial charge is 0.423 e. The summed E-state index contributed by atoms with van der Waals surface area (Å²) in [5.41, 5.74) is 9.62. The lowest BCUT2D eigenvalue weighted by molar-refractivity contribution is -0.0236. The van der Waals surface area contributed by atoms with Crippen LogP contribution in [0.1, 0.15) is 71.5 Å². The minimum Gasteiger partial charge on any atom is -0.423 e. The van der Waals surface area contributed by atoms with Gasteiger partial charge in [-0.1, -0.05) is 51.0 Å². The number of amides is 2. The van der Waals surface area contributed by atoms with Gasteiger partial charge in [-0.3, -0.25) is 15.0 Å². The number of nitrogens with zero attached hydrogens (tertiary/aromatic N) is 1. The highest BCUT2D eigenvalue weighted by Gasteiger charge is 2.46. The van der Waals surface area contributed by atoms with E-state index in [0.717, 1.165) is 16.1 Å². The maximum Gasteiger partial charge on any atom is 0.494 e. The SMILES string of the molecule is CCC(N)(N(NC(=O)c1ccc2c(c1F)B(O)OC2)C(=O)c1cc(C)cc(C)c1)C(C)(C)C. The number of hydrogen-bond donors (Lipinski definition) is 3. The molecule has 2 amide bonds. The molecule has 1 unspecified atom stereocenters. The summed E-state index contributed by atoms with van der Waals surface area (Å²) in [5, 5.41) is 11.0. The number of halogens is 1. The summed E-state index contributed by atoms with van der Waals surface area (Å²) >= 11 is 0. The fourth-order valence-corrected chi connectivity index (χ4v) is 4.20. The zero-order valence-corrected chi connectivity index (χ0v) is 20.0. The van der Waals surface area contributed by atoms with Crippen molar-refractivity contribution in [2.24, 2.45) is 11.1 Å². The Labute approximate surface area is 194 Å². The van der Waals surface area contributed by atoms with Crippen molar-refractivity contribution in [3.8, 4) is 0 Å². The lowest BCUT2D eigenvalue weighted by Crippen LogP contribution is -2.70. The molecule has 9 heteroatoms. The van der Waals surface area contributed by atoms with Crippen LogP contribution in [-0.4, -0.2) is 34.6 Å². The van der Waals surface area contributed by atoms with Crippen LogP contribution in [0.3, 0.4) is 0 Å². The van der Waals surface area contributed by atoms with E-state index < -0.39 is 35.8 Å². The van der Waals surface area contributed by atoms with E-state index in [-0.39, 0.29) is 17.6 Å². The van der Waals surface area contributed by atoms with Gasteiger partial charge < -0.3 is 15.4 Å². The molecule has 4 N–H and O–H groups in total. The minimum atomic E-state index is -1.44. The number of carbonyl (C=O) groups is 2. The Morgan fingerprint density at radius 2 is 1.82 bits per heavy atom. The van der Waals surface area contributed by atoms with Gasteiger partial charge in [-0.05, 0) is 44.0 Å². The van der Waals surface area contributed by atoms with Gasteiger partial charge in [0.05, 0.1) is 12.2 Å².